The summed E-state index contributed by atoms with van der Waals surface area (Å²) in [7, 11) is 3.13. The number of anilines is 1. The number of carbonyl (C=O) groups is 2. The number of ether oxygens (including phenoxy) is 2. The summed E-state index contributed by atoms with van der Waals surface area (Å²) >= 11 is 0. The van der Waals surface area contributed by atoms with Gasteiger partial charge in [-0.05, 0) is 25.5 Å². The Hall–Kier alpha value is -2.44. The Balaban J connectivity index is 2.03. The smallest absolute Gasteiger partial charge is 0.317 e. The third-order valence-electron chi connectivity index (χ3n) is 4.58. The summed E-state index contributed by atoms with van der Waals surface area (Å²) in [6, 6.07) is 5.08. The molecule has 0 spiro atoms. The first-order chi connectivity index (χ1) is 12.5. The molecule has 3 amide bonds. The zero-order valence-corrected chi connectivity index (χ0v) is 16.1. The molecule has 1 aliphatic heterocycles. The van der Waals surface area contributed by atoms with Gasteiger partial charge in [0.2, 0.25) is 5.91 Å². The van der Waals surface area contributed by atoms with Gasteiger partial charge in [0, 0.05) is 37.8 Å². The van der Waals surface area contributed by atoms with Crippen LogP contribution in [0.1, 0.15) is 33.1 Å². The average Bonchev–Trinajstić information content (AvgIpc) is 3.01. The van der Waals surface area contributed by atoms with E-state index in [1.165, 1.54) is 0 Å². The second kappa shape index (κ2) is 9.31. The van der Waals surface area contributed by atoms with Crippen molar-refractivity contribution >= 4 is 17.6 Å². The number of nitrogens with one attached hydrogen (secondary N) is 1. The minimum Gasteiger partial charge on any atom is -0.493 e. The lowest BCUT2D eigenvalue weighted by molar-refractivity contribution is -0.117. The molecular formula is C19H29N3O4. The molecule has 2 rings (SSSR count). The van der Waals surface area contributed by atoms with Crippen molar-refractivity contribution in [1.29, 1.82) is 0 Å². The lowest BCUT2D eigenvalue weighted by Crippen LogP contribution is -2.46. The number of carbonyl (C=O) groups excluding carboxylic acids is 2. The van der Waals surface area contributed by atoms with E-state index >= 15 is 0 Å². The second-order valence-electron chi connectivity index (χ2n) is 6.33. The molecule has 1 aromatic rings. The Morgan fingerprint density at radius 2 is 2.00 bits per heavy atom. The zero-order chi connectivity index (χ0) is 19.1. The predicted molar refractivity (Wildman–Crippen MR) is 101 cm³/mol. The van der Waals surface area contributed by atoms with Crippen LogP contribution < -0.4 is 19.7 Å². The molecule has 1 fully saturated rings. The zero-order valence-electron chi connectivity index (χ0n) is 16.1. The van der Waals surface area contributed by atoms with Gasteiger partial charge in [-0.2, -0.15) is 0 Å². The number of methoxy groups -OCH3 is 2. The molecule has 1 N–H and O–H groups in total. The topological polar surface area (TPSA) is 71.1 Å². The Morgan fingerprint density at radius 1 is 1.27 bits per heavy atom. The van der Waals surface area contributed by atoms with Gasteiger partial charge >= 0.3 is 6.03 Å². The fraction of sp³-hybridized carbons (Fsp3) is 0.579. The molecule has 0 unspecified atom stereocenters. The molecule has 1 aromatic carbocycles. The summed E-state index contributed by atoms with van der Waals surface area (Å²) in [5, 5.41) is 2.99. The number of hydrogen-bond donors (Lipinski definition) is 1. The summed E-state index contributed by atoms with van der Waals surface area (Å²) in [5.74, 6) is 1.17. The lowest BCUT2D eigenvalue weighted by Gasteiger charge is -2.24. The van der Waals surface area contributed by atoms with Crippen molar-refractivity contribution in [3.8, 4) is 11.5 Å². The van der Waals surface area contributed by atoms with Gasteiger partial charge in [0.1, 0.15) is 0 Å². The van der Waals surface area contributed by atoms with Crippen LogP contribution in [0.3, 0.4) is 0 Å². The van der Waals surface area contributed by atoms with E-state index in [-0.39, 0.29) is 18.0 Å². The van der Waals surface area contributed by atoms with E-state index in [0.29, 0.717) is 31.0 Å². The van der Waals surface area contributed by atoms with Crippen LogP contribution in [-0.4, -0.2) is 56.7 Å². The van der Waals surface area contributed by atoms with Crippen LogP contribution in [0.15, 0.2) is 18.2 Å². The van der Waals surface area contributed by atoms with E-state index in [9.17, 15) is 9.59 Å². The number of hydrogen-bond acceptors (Lipinski definition) is 4. The highest BCUT2D eigenvalue weighted by Crippen LogP contribution is 2.33. The van der Waals surface area contributed by atoms with E-state index < -0.39 is 0 Å². The number of urea groups is 1. The normalized spacial score (nSPS) is 16.5. The van der Waals surface area contributed by atoms with E-state index in [1.807, 2.05) is 13.0 Å². The molecule has 0 bridgehead atoms. The summed E-state index contributed by atoms with van der Waals surface area (Å²) in [5.41, 5.74) is 0.739. The van der Waals surface area contributed by atoms with Crippen molar-refractivity contribution in [3.63, 3.8) is 0 Å². The van der Waals surface area contributed by atoms with Crippen LogP contribution in [0.25, 0.3) is 0 Å². The fourth-order valence-electron chi connectivity index (χ4n) is 3.06. The van der Waals surface area contributed by atoms with E-state index in [2.05, 4.69) is 12.2 Å². The molecule has 1 saturated heterocycles. The predicted octanol–water partition coefficient (Wildman–Crippen LogP) is 2.64. The molecule has 7 heteroatoms. The van der Waals surface area contributed by atoms with Crippen LogP contribution in [0.5, 0.6) is 11.5 Å². The monoisotopic (exact) mass is 363 g/mol. The van der Waals surface area contributed by atoms with Crippen LogP contribution >= 0.6 is 0 Å². The van der Waals surface area contributed by atoms with Crippen LogP contribution in [0, 0.1) is 0 Å². The molecular weight excluding hydrogens is 334 g/mol. The Morgan fingerprint density at radius 3 is 2.62 bits per heavy atom. The third-order valence-corrected chi connectivity index (χ3v) is 4.58. The molecule has 1 aliphatic rings. The van der Waals surface area contributed by atoms with Crippen LogP contribution in [0.4, 0.5) is 10.5 Å². The van der Waals surface area contributed by atoms with Gasteiger partial charge < -0.3 is 24.6 Å². The van der Waals surface area contributed by atoms with Gasteiger partial charge in [0.25, 0.3) is 0 Å². The van der Waals surface area contributed by atoms with Crippen molar-refractivity contribution in [1.82, 2.24) is 10.2 Å². The maximum absolute atomic E-state index is 12.4. The number of amides is 3. The van der Waals surface area contributed by atoms with E-state index in [1.54, 1.807) is 36.2 Å². The molecule has 26 heavy (non-hydrogen) atoms. The summed E-state index contributed by atoms with van der Waals surface area (Å²) < 4.78 is 10.5. The summed E-state index contributed by atoms with van der Waals surface area (Å²) in [6.45, 7) is 5.91. The molecule has 0 radical (unpaired) electrons. The van der Waals surface area contributed by atoms with Crippen molar-refractivity contribution in [2.45, 2.75) is 39.2 Å². The molecule has 1 heterocycles. The highest BCUT2D eigenvalue weighted by molar-refractivity contribution is 5.97. The Labute approximate surface area is 155 Å². The van der Waals surface area contributed by atoms with E-state index in [0.717, 1.165) is 25.1 Å². The van der Waals surface area contributed by atoms with Crippen molar-refractivity contribution < 1.29 is 19.1 Å². The van der Waals surface area contributed by atoms with Crippen LogP contribution in [-0.2, 0) is 4.79 Å². The van der Waals surface area contributed by atoms with Gasteiger partial charge in [-0.25, -0.2) is 4.79 Å². The third kappa shape index (κ3) is 4.59. The number of benzene rings is 1. The molecule has 7 nitrogen and oxygen atoms in total. The summed E-state index contributed by atoms with van der Waals surface area (Å²) in [6.07, 6.45) is 2.31. The molecule has 1 atom stereocenters. The first kappa shape index (κ1) is 19.9. The molecule has 144 valence electrons. The fourth-order valence-corrected chi connectivity index (χ4v) is 3.06. The van der Waals surface area contributed by atoms with Gasteiger partial charge in [-0.1, -0.05) is 13.3 Å². The van der Waals surface area contributed by atoms with Crippen LogP contribution in [0.2, 0.25) is 0 Å². The van der Waals surface area contributed by atoms with Crippen molar-refractivity contribution in [3.05, 3.63) is 18.2 Å². The SMILES string of the molecule is CCCCN(CC)C(=O)N[C@H]1CC(=O)N(c2ccc(OC)c(OC)c2)C1. The maximum Gasteiger partial charge on any atom is 0.317 e. The number of rotatable bonds is 8. The number of nitrogens with zero attached hydrogens (tertiary/aromatic N) is 2. The molecule has 0 saturated carbocycles. The number of unbranched alkanes of at least 4 members (excludes halogenated alkanes) is 1. The minimum absolute atomic E-state index is 0.0147. The van der Waals surface area contributed by atoms with Gasteiger partial charge in [-0.3, -0.25) is 4.79 Å². The Kier molecular flexibility index (Phi) is 7.12. The van der Waals surface area contributed by atoms with Crippen molar-refractivity contribution in [2.75, 3.05) is 38.8 Å². The first-order valence-electron chi connectivity index (χ1n) is 9.11. The first-order valence-corrected chi connectivity index (χ1v) is 9.11. The maximum atomic E-state index is 12.4. The minimum atomic E-state index is -0.196. The van der Waals surface area contributed by atoms with E-state index in [4.69, 9.17) is 9.47 Å². The van der Waals surface area contributed by atoms with Gasteiger partial charge in [0.15, 0.2) is 11.5 Å². The van der Waals surface area contributed by atoms with Gasteiger partial charge in [-0.15, -0.1) is 0 Å². The quantitative estimate of drug-likeness (QED) is 0.771. The molecule has 0 aromatic heterocycles. The lowest BCUT2D eigenvalue weighted by atomic mass is 10.2. The highest BCUT2D eigenvalue weighted by Gasteiger charge is 2.32. The van der Waals surface area contributed by atoms with Crippen molar-refractivity contribution in [2.24, 2.45) is 0 Å². The molecule has 0 aliphatic carbocycles. The van der Waals surface area contributed by atoms with Gasteiger partial charge in [0.05, 0.1) is 20.3 Å². The standard InChI is InChI=1S/C19H29N3O4/c1-5-7-10-21(6-2)19(24)20-14-11-18(23)22(13-14)15-8-9-16(25-3)17(12-15)26-4/h8-9,12,14H,5-7,10-11,13H2,1-4H3,(H,20,24)/t14-/m0/s1. The largest absolute Gasteiger partial charge is 0.493 e. The summed E-state index contributed by atoms with van der Waals surface area (Å²) in [4.78, 5) is 28.3. The average molecular weight is 363 g/mol. The second-order valence-corrected chi connectivity index (χ2v) is 6.33. The highest BCUT2D eigenvalue weighted by atomic mass is 16.5. The Bertz CT molecular complexity index is 635.